The second-order valence-corrected chi connectivity index (χ2v) is 5.33. The number of Topliss-reactive ketones (excluding diaryl/α,β-unsaturated/α-hetero) is 1. The molecule has 1 saturated carbocycles. The van der Waals surface area contributed by atoms with Crippen molar-refractivity contribution in [3.05, 3.63) is 24.0 Å². The highest BCUT2D eigenvalue weighted by molar-refractivity contribution is 5.97. The maximum atomic E-state index is 11.9. The van der Waals surface area contributed by atoms with Crippen LogP contribution in [0.1, 0.15) is 37.0 Å². The number of aromatic nitrogens is 1. The lowest BCUT2D eigenvalue weighted by atomic mass is 10.0. The average molecular weight is 248 g/mol. The van der Waals surface area contributed by atoms with Gasteiger partial charge in [-0.3, -0.25) is 9.59 Å². The molecule has 18 heavy (non-hydrogen) atoms. The fourth-order valence-electron chi connectivity index (χ4n) is 1.95. The normalized spacial score (nSPS) is 14.9. The molecule has 0 unspecified atom stereocenters. The lowest BCUT2D eigenvalue weighted by Gasteiger charge is -2.16. The smallest absolute Gasteiger partial charge is 0.242 e. The summed E-state index contributed by atoms with van der Waals surface area (Å²) in [7, 11) is 1.85. The molecule has 0 atom stereocenters. The van der Waals surface area contributed by atoms with Gasteiger partial charge < -0.3 is 9.47 Å². The van der Waals surface area contributed by atoms with Crippen LogP contribution in [0.25, 0.3) is 0 Å². The number of nitrogens with zero attached hydrogens (tertiary/aromatic N) is 2. The molecule has 2 rings (SSSR count). The Hall–Kier alpha value is -1.58. The summed E-state index contributed by atoms with van der Waals surface area (Å²) in [5, 5.41) is 0. The molecule has 1 aromatic heterocycles. The van der Waals surface area contributed by atoms with Gasteiger partial charge in [0.05, 0.1) is 0 Å². The van der Waals surface area contributed by atoms with E-state index in [1.54, 1.807) is 23.0 Å². The maximum absolute atomic E-state index is 11.9. The molecule has 1 aromatic rings. The van der Waals surface area contributed by atoms with Crippen molar-refractivity contribution >= 4 is 11.7 Å². The summed E-state index contributed by atoms with van der Waals surface area (Å²) in [5.74, 6) is 0.221. The Morgan fingerprint density at radius 3 is 2.67 bits per heavy atom. The highest BCUT2D eigenvalue weighted by atomic mass is 16.2. The van der Waals surface area contributed by atoms with Gasteiger partial charge in [0.25, 0.3) is 0 Å². The first-order chi connectivity index (χ1) is 8.49. The molecular weight excluding hydrogens is 228 g/mol. The summed E-state index contributed by atoms with van der Waals surface area (Å²) in [4.78, 5) is 25.5. The zero-order valence-corrected chi connectivity index (χ0v) is 11.2. The van der Waals surface area contributed by atoms with E-state index in [9.17, 15) is 9.59 Å². The van der Waals surface area contributed by atoms with Gasteiger partial charge in [0.1, 0.15) is 6.54 Å². The topological polar surface area (TPSA) is 42.3 Å². The highest BCUT2D eigenvalue weighted by Gasteiger charge is 2.29. The van der Waals surface area contributed by atoms with Crippen LogP contribution in [0, 0.1) is 5.92 Å². The van der Waals surface area contributed by atoms with E-state index in [2.05, 4.69) is 0 Å². The van der Waals surface area contributed by atoms with Gasteiger partial charge in [-0.05, 0) is 18.9 Å². The van der Waals surface area contributed by atoms with Crippen LogP contribution < -0.4 is 0 Å². The Bertz CT molecular complexity index is 458. The SMILES string of the molecule is CC(C)C(=O)c1ccn(CC(=O)N(C)C2CC2)c1. The Kier molecular flexibility index (Phi) is 3.55. The van der Waals surface area contributed by atoms with E-state index in [4.69, 9.17) is 0 Å². The van der Waals surface area contributed by atoms with Crippen LogP contribution in [-0.2, 0) is 11.3 Å². The number of ketones is 1. The van der Waals surface area contributed by atoms with E-state index in [-0.39, 0.29) is 17.6 Å². The zero-order chi connectivity index (χ0) is 13.3. The lowest BCUT2D eigenvalue weighted by molar-refractivity contribution is -0.131. The fraction of sp³-hybridized carbons (Fsp3) is 0.571. The Morgan fingerprint density at radius 2 is 2.11 bits per heavy atom. The average Bonchev–Trinajstić information content (AvgIpc) is 3.08. The molecule has 0 bridgehead atoms. The van der Waals surface area contributed by atoms with Crippen LogP contribution in [0.15, 0.2) is 18.5 Å². The Balaban J connectivity index is 1.97. The minimum absolute atomic E-state index is 0.00862. The molecule has 0 aliphatic heterocycles. The van der Waals surface area contributed by atoms with Crippen molar-refractivity contribution in [2.24, 2.45) is 5.92 Å². The molecule has 98 valence electrons. The molecule has 0 spiro atoms. The molecule has 1 aliphatic carbocycles. The van der Waals surface area contributed by atoms with E-state index in [1.807, 2.05) is 25.8 Å². The van der Waals surface area contributed by atoms with E-state index in [0.717, 1.165) is 12.8 Å². The van der Waals surface area contributed by atoms with E-state index in [0.29, 0.717) is 18.2 Å². The summed E-state index contributed by atoms with van der Waals surface area (Å²) in [5.41, 5.74) is 0.687. The molecule has 4 heteroatoms. The van der Waals surface area contributed by atoms with Crippen LogP contribution in [-0.4, -0.2) is 34.2 Å². The van der Waals surface area contributed by atoms with Crippen molar-refractivity contribution < 1.29 is 9.59 Å². The molecule has 0 N–H and O–H groups in total. The third-order valence-corrected chi connectivity index (χ3v) is 3.37. The molecule has 0 radical (unpaired) electrons. The summed E-state index contributed by atoms with van der Waals surface area (Å²) in [6.07, 6.45) is 5.80. The standard InChI is InChI=1S/C14H20N2O2/c1-10(2)14(18)11-6-7-16(8-11)9-13(17)15(3)12-4-5-12/h6-8,10,12H,4-5,9H2,1-3H3. The van der Waals surface area contributed by atoms with Gasteiger partial charge in [-0.1, -0.05) is 13.8 Å². The van der Waals surface area contributed by atoms with Gasteiger partial charge >= 0.3 is 0 Å². The minimum atomic E-state index is -0.00862. The van der Waals surface area contributed by atoms with Crippen molar-refractivity contribution in [1.82, 2.24) is 9.47 Å². The molecule has 0 aromatic carbocycles. The Morgan fingerprint density at radius 1 is 1.44 bits per heavy atom. The van der Waals surface area contributed by atoms with Gasteiger partial charge in [0.2, 0.25) is 5.91 Å². The summed E-state index contributed by atoms with van der Waals surface area (Å²) >= 11 is 0. The number of carbonyl (C=O) groups excluding carboxylic acids is 2. The lowest BCUT2D eigenvalue weighted by Crippen LogP contribution is -2.31. The van der Waals surface area contributed by atoms with Gasteiger partial charge in [0, 0.05) is 37.0 Å². The van der Waals surface area contributed by atoms with E-state index in [1.165, 1.54) is 0 Å². The number of likely N-dealkylation sites (N-methyl/N-ethyl adjacent to an activating group) is 1. The predicted octanol–water partition coefficient (Wildman–Crippen LogP) is 1.95. The monoisotopic (exact) mass is 248 g/mol. The van der Waals surface area contributed by atoms with Gasteiger partial charge in [-0.2, -0.15) is 0 Å². The number of hydrogen-bond acceptors (Lipinski definition) is 2. The molecule has 4 nitrogen and oxygen atoms in total. The minimum Gasteiger partial charge on any atom is -0.344 e. The quantitative estimate of drug-likeness (QED) is 0.747. The number of amides is 1. The molecule has 1 fully saturated rings. The van der Waals surface area contributed by atoms with Crippen molar-refractivity contribution in [2.45, 2.75) is 39.3 Å². The first kappa shape index (κ1) is 12.9. The van der Waals surface area contributed by atoms with Gasteiger partial charge in [0.15, 0.2) is 5.78 Å². The second kappa shape index (κ2) is 4.96. The number of hydrogen-bond donors (Lipinski definition) is 0. The summed E-state index contributed by atoms with van der Waals surface area (Å²) in [6.45, 7) is 4.08. The van der Waals surface area contributed by atoms with Gasteiger partial charge in [-0.25, -0.2) is 0 Å². The van der Waals surface area contributed by atoms with E-state index < -0.39 is 0 Å². The van der Waals surface area contributed by atoms with Crippen molar-refractivity contribution in [2.75, 3.05) is 7.05 Å². The van der Waals surface area contributed by atoms with Crippen molar-refractivity contribution in [1.29, 1.82) is 0 Å². The van der Waals surface area contributed by atoms with Crippen LogP contribution in [0.5, 0.6) is 0 Å². The van der Waals surface area contributed by atoms with Crippen LogP contribution >= 0.6 is 0 Å². The molecule has 1 amide bonds. The van der Waals surface area contributed by atoms with Crippen LogP contribution in [0.3, 0.4) is 0 Å². The number of rotatable bonds is 5. The summed E-state index contributed by atoms with van der Waals surface area (Å²) in [6, 6.07) is 2.22. The fourth-order valence-corrected chi connectivity index (χ4v) is 1.95. The molecule has 1 aliphatic rings. The summed E-state index contributed by atoms with van der Waals surface area (Å²) < 4.78 is 1.79. The van der Waals surface area contributed by atoms with Crippen molar-refractivity contribution in [3.63, 3.8) is 0 Å². The first-order valence-electron chi connectivity index (χ1n) is 6.44. The maximum Gasteiger partial charge on any atom is 0.242 e. The Labute approximate surface area is 108 Å². The molecule has 0 saturated heterocycles. The van der Waals surface area contributed by atoms with Crippen LogP contribution in [0.4, 0.5) is 0 Å². The highest BCUT2D eigenvalue weighted by Crippen LogP contribution is 2.25. The van der Waals surface area contributed by atoms with Gasteiger partial charge in [-0.15, -0.1) is 0 Å². The third kappa shape index (κ3) is 2.81. The molecule has 1 heterocycles. The first-order valence-corrected chi connectivity index (χ1v) is 6.44. The molecular formula is C14H20N2O2. The zero-order valence-electron chi connectivity index (χ0n) is 11.2. The van der Waals surface area contributed by atoms with Crippen LogP contribution in [0.2, 0.25) is 0 Å². The predicted molar refractivity (Wildman–Crippen MR) is 69.4 cm³/mol. The third-order valence-electron chi connectivity index (χ3n) is 3.37. The van der Waals surface area contributed by atoms with E-state index >= 15 is 0 Å². The largest absolute Gasteiger partial charge is 0.344 e. The number of carbonyl (C=O) groups is 2. The van der Waals surface area contributed by atoms with Crippen molar-refractivity contribution in [3.8, 4) is 0 Å². The second-order valence-electron chi connectivity index (χ2n) is 5.33.